The zero-order valence-corrected chi connectivity index (χ0v) is 14.5. The van der Waals surface area contributed by atoms with Crippen molar-refractivity contribution < 1.29 is 14.0 Å². The van der Waals surface area contributed by atoms with Crippen LogP contribution >= 0.6 is 0 Å². The molecule has 0 unspecified atom stereocenters. The molecule has 4 nitrogen and oxygen atoms in total. The van der Waals surface area contributed by atoms with Crippen LogP contribution in [0.1, 0.15) is 38.3 Å². The molecule has 1 N–H and O–H groups in total. The number of hydrogen-bond donors (Lipinski definition) is 1. The molecule has 0 spiro atoms. The minimum Gasteiger partial charge on any atom is -0.353 e. The molecular weight excluding hydrogens is 307 g/mol. The molecule has 24 heavy (non-hydrogen) atoms. The van der Waals surface area contributed by atoms with Crippen molar-refractivity contribution in [1.29, 1.82) is 0 Å². The van der Waals surface area contributed by atoms with Gasteiger partial charge in [-0.15, -0.1) is 0 Å². The normalized spacial score (nSPS) is 28.8. The molecule has 1 aromatic carbocycles. The van der Waals surface area contributed by atoms with Crippen molar-refractivity contribution in [3.63, 3.8) is 0 Å². The summed E-state index contributed by atoms with van der Waals surface area (Å²) >= 11 is 0. The largest absolute Gasteiger partial charge is 0.353 e. The molecular formula is C19H25FN2O2. The SMILES string of the molecule is C[C@@H]1C[C@@H]1C(=O)NC[C@H](c1ccc(F)cc1)N(C)C(=O)[C@@H]1C[C@H]1C. The number of hydrogen-bond acceptors (Lipinski definition) is 2. The molecule has 0 aliphatic heterocycles. The highest BCUT2D eigenvalue weighted by Crippen LogP contribution is 2.40. The molecule has 2 aliphatic carbocycles. The second-order valence-corrected chi connectivity index (χ2v) is 7.40. The van der Waals surface area contributed by atoms with Gasteiger partial charge in [-0.25, -0.2) is 4.39 Å². The highest BCUT2D eigenvalue weighted by atomic mass is 19.1. The third-order valence-electron chi connectivity index (χ3n) is 5.41. The highest BCUT2D eigenvalue weighted by Gasteiger charge is 2.43. The van der Waals surface area contributed by atoms with Crippen LogP contribution < -0.4 is 5.32 Å². The Kier molecular flexibility index (Phi) is 4.61. The van der Waals surface area contributed by atoms with Gasteiger partial charge in [0, 0.05) is 25.4 Å². The van der Waals surface area contributed by atoms with E-state index in [1.54, 1.807) is 24.1 Å². The van der Waals surface area contributed by atoms with E-state index in [2.05, 4.69) is 19.2 Å². The van der Waals surface area contributed by atoms with Gasteiger partial charge in [-0.3, -0.25) is 9.59 Å². The predicted octanol–water partition coefficient (Wildman–Crippen LogP) is 2.75. The monoisotopic (exact) mass is 332 g/mol. The van der Waals surface area contributed by atoms with Crippen molar-refractivity contribution >= 4 is 11.8 Å². The van der Waals surface area contributed by atoms with Crippen molar-refractivity contribution in [2.45, 2.75) is 32.7 Å². The van der Waals surface area contributed by atoms with Crippen LogP contribution in [0.2, 0.25) is 0 Å². The Labute approximate surface area is 142 Å². The first-order valence-electron chi connectivity index (χ1n) is 8.68. The van der Waals surface area contributed by atoms with Gasteiger partial charge in [-0.05, 0) is 42.4 Å². The Hall–Kier alpha value is -1.91. The van der Waals surface area contributed by atoms with Gasteiger partial charge in [0.05, 0.1) is 6.04 Å². The average Bonchev–Trinajstić information content (AvgIpc) is 3.46. The number of likely N-dealkylation sites (N-methyl/N-ethyl adjacent to an activating group) is 1. The molecule has 130 valence electrons. The summed E-state index contributed by atoms with van der Waals surface area (Å²) in [5.74, 6) is 0.899. The molecule has 1 aromatic rings. The van der Waals surface area contributed by atoms with Crippen LogP contribution in [-0.2, 0) is 9.59 Å². The van der Waals surface area contributed by atoms with Crippen LogP contribution in [-0.4, -0.2) is 30.3 Å². The van der Waals surface area contributed by atoms with E-state index >= 15 is 0 Å². The molecule has 0 aromatic heterocycles. The first kappa shape index (κ1) is 16.9. The van der Waals surface area contributed by atoms with Gasteiger partial charge in [0.15, 0.2) is 0 Å². The Bertz CT molecular complexity index is 631. The molecule has 0 radical (unpaired) electrons. The average molecular weight is 332 g/mol. The van der Waals surface area contributed by atoms with Crippen molar-refractivity contribution in [3.8, 4) is 0 Å². The molecule has 2 saturated carbocycles. The summed E-state index contributed by atoms with van der Waals surface area (Å²) in [4.78, 5) is 26.4. The zero-order chi connectivity index (χ0) is 17.4. The number of rotatable bonds is 6. The number of nitrogens with zero attached hydrogens (tertiary/aromatic N) is 1. The third kappa shape index (κ3) is 3.60. The van der Waals surface area contributed by atoms with E-state index < -0.39 is 0 Å². The Morgan fingerprint density at radius 3 is 2.21 bits per heavy atom. The number of carbonyl (C=O) groups excluding carboxylic acids is 2. The standard InChI is InChI=1S/C19H25FN2O2/c1-11-8-15(11)18(23)21-10-17(13-4-6-14(20)7-5-13)22(3)19(24)16-9-12(16)2/h4-7,11-12,15-17H,8-10H2,1-3H3,(H,21,23)/t11-,12-,15+,16-,17-/m1/s1. The highest BCUT2D eigenvalue weighted by molar-refractivity contribution is 5.83. The van der Waals surface area contributed by atoms with Crippen LogP contribution in [0.15, 0.2) is 24.3 Å². The molecule has 5 heteroatoms. The van der Waals surface area contributed by atoms with Crippen LogP contribution in [0.3, 0.4) is 0 Å². The first-order chi connectivity index (χ1) is 11.4. The van der Waals surface area contributed by atoms with Gasteiger partial charge in [0.1, 0.15) is 5.82 Å². The van der Waals surface area contributed by atoms with Crippen molar-refractivity contribution in [3.05, 3.63) is 35.6 Å². The summed E-state index contributed by atoms with van der Waals surface area (Å²) in [6.45, 7) is 4.49. The van der Waals surface area contributed by atoms with Gasteiger partial charge in [0.2, 0.25) is 11.8 Å². The smallest absolute Gasteiger partial charge is 0.226 e. The van der Waals surface area contributed by atoms with E-state index in [0.29, 0.717) is 18.4 Å². The topological polar surface area (TPSA) is 49.4 Å². The number of amides is 2. The predicted molar refractivity (Wildman–Crippen MR) is 89.5 cm³/mol. The van der Waals surface area contributed by atoms with Crippen LogP contribution in [0.25, 0.3) is 0 Å². The minimum atomic E-state index is -0.307. The summed E-state index contributed by atoms with van der Waals surface area (Å²) in [5, 5.41) is 2.97. The second-order valence-electron chi connectivity index (χ2n) is 7.40. The molecule has 3 rings (SSSR count). The van der Waals surface area contributed by atoms with E-state index in [0.717, 1.165) is 18.4 Å². The maximum atomic E-state index is 13.2. The zero-order valence-electron chi connectivity index (χ0n) is 14.5. The first-order valence-corrected chi connectivity index (χ1v) is 8.68. The molecule has 5 atom stereocenters. The number of benzene rings is 1. The van der Waals surface area contributed by atoms with Gasteiger partial charge >= 0.3 is 0 Å². The molecule has 0 bridgehead atoms. The lowest BCUT2D eigenvalue weighted by Crippen LogP contribution is -2.40. The van der Waals surface area contributed by atoms with Crippen molar-refractivity contribution in [2.75, 3.05) is 13.6 Å². The lowest BCUT2D eigenvalue weighted by atomic mass is 10.0. The van der Waals surface area contributed by atoms with Gasteiger partial charge < -0.3 is 10.2 Å². The van der Waals surface area contributed by atoms with E-state index in [9.17, 15) is 14.0 Å². The Morgan fingerprint density at radius 1 is 1.17 bits per heavy atom. The van der Waals surface area contributed by atoms with E-state index in [1.165, 1.54) is 12.1 Å². The van der Waals surface area contributed by atoms with E-state index in [4.69, 9.17) is 0 Å². The fourth-order valence-corrected chi connectivity index (χ4v) is 3.26. The van der Waals surface area contributed by atoms with E-state index in [1.807, 2.05) is 0 Å². The van der Waals surface area contributed by atoms with Gasteiger partial charge in [-0.2, -0.15) is 0 Å². The van der Waals surface area contributed by atoms with Crippen molar-refractivity contribution in [2.24, 2.45) is 23.7 Å². The van der Waals surface area contributed by atoms with Crippen LogP contribution in [0.5, 0.6) is 0 Å². The fraction of sp³-hybridized carbons (Fsp3) is 0.579. The number of nitrogens with one attached hydrogen (secondary N) is 1. The summed E-state index contributed by atoms with van der Waals surface area (Å²) in [6, 6.07) is 5.89. The molecule has 2 aliphatic rings. The summed E-state index contributed by atoms with van der Waals surface area (Å²) in [7, 11) is 1.77. The molecule has 0 heterocycles. The molecule has 0 saturated heterocycles. The maximum Gasteiger partial charge on any atom is 0.226 e. The fourth-order valence-electron chi connectivity index (χ4n) is 3.26. The number of carbonyl (C=O) groups is 2. The van der Waals surface area contributed by atoms with Crippen molar-refractivity contribution in [1.82, 2.24) is 10.2 Å². The van der Waals surface area contributed by atoms with Gasteiger partial charge in [0.25, 0.3) is 0 Å². The number of halogens is 1. The lowest BCUT2D eigenvalue weighted by molar-refractivity contribution is -0.134. The molecule has 2 amide bonds. The quantitative estimate of drug-likeness (QED) is 0.871. The third-order valence-corrected chi connectivity index (χ3v) is 5.41. The summed E-state index contributed by atoms with van der Waals surface area (Å²) in [6.07, 6.45) is 1.85. The summed E-state index contributed by atoms with van der Waals surface area (Å²) in [5.41, 5.74) is 0.838. The second kappa shape index (κ2) is 6.54. The minimum absolute atomic E-state index is 0.0512. The van der Waals surface area contributed by atoms with Crippen LogP contribution in [0.4, 0.5) is 4.39 Å². The lowest BCUT2D eigenvalue weighted by Gasteiger charge is -2.29. The maximum absolute atomic E-state index is 13.2. The molecule has 2 fully saturated rings. The van der Waals surface area contributed by atoms with Gasteiger partial charge in [-0.1, -0.05) is 26.0 Å². The van der Waals surface area contributed by atoms with E-state index in [-0.39, 0.29) is 35.5 Å². The Balaban J connectivity index is 1.71. The summed E-state index contributed by atoms with van der Waals surface area (Å²) < 4.78 is 13.2. The Morgan fingerprint density at radius 2 is 1.71 bits per heavy atom. The van der Waals surface area contributed by atoms with Crippen LogP contribution in [0, 0.1) is 29.5 Å².